The molecular formula is C14H14N2O2. The maximum Gasteiger partial charge on any atom is 0.263 e. The molecule has 92 valence electrons. The summed E-state index contributed by atoms with van der Waals surface area (Å²) in [6, 6.07) is 7.42. The van der Waals surface area contributed by atoms with Crippen LogP contribution in [0.5, 0.6) is 0 Å². The van der Waals surface area contributed by atoms with Gasteiger partial charge in [0, 0.05) is 6.04 Å². The van der Waals surface area contributed by atoms with E-state index in [4.69, 9.17) is 0 Å². The maximum atomic E-state index is 12.4. The van der Waals surface area contributed by atoms with Crippen molar-refractivity contribution in [3.63, 3.8) is 0 Å². The molecule has 0 bridgehead atoms. The largest absolute Gasteiger partial charge is 0.286 e. The van der Waals surface area contributed by atoms with E-state index in [-0.39, 0.29) is 17.5 Å². The molecule has 18 heavy (non-hydrogen) atoms. The third-order valence-corrected chi connectivity index (χ3v) is 4.41. The Morgan fingerprint density at radius 3 is 2.39 bits per heavy atom. The predicted octanol–water partition coefficient (Wildman–Crippen LogP) is 1.52. The molecule has 2 fully saturated rings. The topological polar surface area (TPSA) is 59.3 Å². The first kappa shape index (κ1) is 10.3. The summed E-state index contributed by atoms with van der Waals surface area (Å²) in [5.41, 5.74) is 0.732. The molecule has 2 unspecified atom stereocenters. The lowest BCUT2D eigenvalue weighted by Gasteiger charge is -2.28. The van der Waals surface area contributed by atoms with E-state index in [0.29, 0.717) is 17.2 Å². The van der Waals surface area contributed by atoms with Crippen LogP contribution in [-0.4, -0.2) is 28.4 Å². The molecule has 1 aromatic rings. The highest BCUT2D eigenvalue weighted by atomic mass is 16.2. The van der Waals surface area contributed by atoms with Crippen LogP contribution in [-0.2, 0) is 0 Å². The van der Waals surface area contributed by atoms with Gasteiger partial charge in [-0.05, 0) is 31.4 Å². The number of benzene rings is 1. The van der Waals surface area contributed by atoms with E-state index in [1.807, 2.05) is 12.1 Å². The lowest BCUT2D eigenvalue weighted by Crippen LogP contribution is -2.46. The predicted molar refractivity (Wildman–Crippen MR) is 65.1 cm³/mol. The van der Waals surface area contributed by atoms with E-state index in [1.54, 1.807) is 12.1 Å². The maximum absolute atomic E-state index is 12.4. The minimum Gasteiger partial charge on any atom is -0.286 e. The first-order valence-corrected chi connectivity index (χ1v) is 6.50. The Morgan fingerprint density at radius 1 is 1.11 bits per heavy atom. The SMILES string of the molecule is O=C1c2ccccc2C(=O)N1C12CCCCC1N2. The van der Waals surface area contributed by atoms with E-state index < -0.39 is 0 Å². The molecule has 4 heteroatoms. The molecule has 1 aliphatic carbocycles. The van der Waals surface area contributed by atoms with E-state index in [9.17, 15) is 9.59 Å². The third-order valence-electron chi connectivity index (χ3n) is 4.41. The molecule has 2 heterocycles. The first-order chi connectivity index (χ1) is 8.74. The monoisotopic (exact) mass is 242 g/mol. The second kappa shape index (κ2) is 3.20. The van der Waals surface area contributed by atoms with Gasteiger partial charge in [0.2, 0.25) is 0 Å². The van der Waals surface area contributed by atoms with Crippen LogP contribution in [0.3, 0.4) is 0 Å². The standard InChI is InChI=1S/C14H14N2O2/c17-12-9-5-1-2-6-10(9)13(18)16(12)14-8-4-3-7-11(14)15-14/h1-2,5-6,11,15H,3-4,7-8H2. The zero-order valence-electron chi connectivity index (χ0n) is 9.98. The Balaban J connectivity index is 1.77. The van der Waals surface area contributed by atoms with Gasteiger partial charge in [-0.25, -0.2) is 0 Å². The van der Waals surface area contributed by atoms with Crippen molar-refractivity contribution in [3.8, 4) is 0 Å². The molecule has 0 spiro atoms. The van der Waals surface area contributed by atoms with Crippen molar-refractivity contribution in [1.82, 2.24) is 10.2 Å². The van der Waals surface area contributed by atoms with E-state index >= 15 is 0 Å². The number of carbonyl (C=O) groups excluding carboxylic acids is 2. The lowest BCUT2D eigenvalue weighted by molar-refractivity contribution is 0.0519. The third kappa shape index (κ3) is 1.09. The lowest BCUT2D eigenvalue weighted by atomic mass is 9.94. The number of imide groups is 1. The molecule has 4 rings (SSSR count). The summed E-state index contributed by atoms with van der Waals surface area (Å²) < 4.78 is 0. The number of amides is 2. The van der Waals surface area contributed by atoms with Crippen molar-refractivity contribution >= 4 is 11.8 Å². The molecule has 0 radical (unpaired) electrons. The number of nitrogens with zero attached hydrogens (tertiary/aromatic N) is 1. The quantitative estimate of drug-likeness (QED) is 0.600. The van der Waals surface area contributed by atoms with Gasteiger partial charge in [-0.1, -0.05) is 18.6 Å². The second-order valence-corrected chi connectivity index (χ2v) is 5.36. The van der Waals surface area contributed by atoms with Gasteiger partial charge >= 0.3 is 0 Å². The molecule has 1 saturated heterocycles. The van der Waals surface area contributed by atoms with Crippen LogP contribution in [0.4, 0.5) is 0 Å². The summed E-state index contributed by atoms with van der Waals surface area (Å²) in [5, 5.41) is 3.37. The van der Waals surface area contributed by atoms with Crippen LogP contribution >= 0.6 is 0 Å². The molecule has 2 aliphatic heterocycles. The van der Waals surface area contributed by atoms with Gasteiger partial charge in [0.1, 0.15) is 5.66 Å². The smallest absolute Gasteiger partial charge is 0.263 e. The van der Waals surface area contributed by atoms with E-state index in [0.717, 1.165) is 19.3 Å². The molecule has 1 aromatic carbocycles. The first-order valence-electron chi connectivity index (χ1n) is 6.50. The van der Waals surface area contributed by atoms with Crippen LogP contribution in [0.1, 0.15) is 46.4 Å². The summed E-state index contributed by atoms with van der Waals surface area (Å²) in [6.45, 7) is 0. The molecule has 3 aliphatic rings. The molecule has 2 amide bonds. The molecule has 1 N–H and O–H groups in total. The molecular weight excluding hydrogens is 228 g/mol. The van der Waals surface area contributed by atoms with Crippen molar-refractivity contribution in [2.45, 2.75) is 37.4 Å². The Morgan fingerprint density at radius 2 is 1.78 bits per heavy atom. The zero-order valence-corrected chi connectivity index (χ0v) is 9.98. The summed E-state index contributed by atoms with van der Waals surface area (Å²) >= 11 is 0. The van der Waals surface area contributed by atoms with Gasteiger partial charge in [-0.2, -0.15) is 0 Å². The van der Waals surface area contributed by atoms with Crippen LogP contribution in [0.15, 0.2) is 24.3 Å². The number of hydrogen-bond donors (Lipinski definition) is 1. The molecule has 0 aromatic heterocycles. The normalized spacial score (nSPS) is 33.3. The van der Waals surface area contributed by atoms with Gasteiger partial charge in [0.25, 0.3) is 11.8 Å². The van der Waals surface area contributed by atoms with Crippen LogP contribution in [0.2, 0.25) is 0 Å². The number of nitrogens with one attached hydrogen (secondary N) is 1. The number of hydrogen-bond acceptors (Lipinski definition) is 3. The number of carbonyl (C=O) groups is 2. The van der Waals surface area contributed by atoms with E-state index in [1.165, 1.54) is 11.3 Å². The second-order valence-electron chi connectivity index (χ2n) is 5.36. The van der Waals surface area contributed by atoms with Crippen molar-refractivity contribution in [1.29, 1.82) is 0 Å². The zero-order chi connectivity index (χ0) is 12.3. The molecule has 2 atom stereocenters. The fourth-order valence-corrected chi connectivity index (χ4v) is 3.44. The summed E-state index contributed by atoms with van der Waals surface area (Å²) in [5.74, 6) is -0.264. The highest BCUT2D eigenvalue weighted by Crippen LogP contribution is 2.45. The Hall–Kier alpha value is -1.68. The Kier molecular flexibility index (Phi) is 1.83. The summed E-state index contributed by atoms with van der Waals surface area (Å²) in [6.07, 6.45) is 4.22. The van der Waals surface area contributed by atoms with Crippen LogP contribution in [0, 0.1) is 0 Å². The van der Waals surface area contributed by atoms with Gasteiger partial charge < -0.3 is 0 Å². The molecule has 4 nitrogen and oxygen atoms in total. The van der Waals surface area contributed by atoms with E-state index in [2.05, 4.69) is 5.32 Å². The van der Waals surface area contributed by atoms with Crippen LogP contribution < -0.4 is 5.32 Å². The average molecular weight is 242 g/mol. The molecule has 1 saturated carbocycles. The van der Waals surface area contributed by atoms with Gasteiger partial charge in [-0.3, -0.25) is 19.8 Å². The van der Waals surface area contributed by atoms with Gasteiger partial charge in [0.05, 0.1) is 11.1 Å². The summed E-state index contributed by atoms with van der Waals surface area (Å²) in [7, 11) is 0. The Bertz CT molecular complexity index is 534. The van der Waals surface area contributed by atoms with Crippen LogP contribution in [0.25, 0.3) is 0 Å². The average Bonchev–Trinajstić information content (AvgIpc) is 3.07. The number of fused-ring (bicyclic) bond motifs is 2. The summed E-state index contributed by atoms with van der Waals surface area (Å²) in [4.78, 5) is 26.3. The highest BCUT2D eigenvalue weighted by molar-refractivity contribution is 6.22. The van der Waals surface area contributed by atoms with Gasteiger partial charge in [-0.15, -0.1) is 0 Å². The fourth-order valence-electron chi connectivity index (χ4n) is 3.44. The minimum absolute atomic E-state index is 0.132. The van der Waals surface area contributed by atoms with Crippen molar-refractivity contribution in [3.05, 3.63) is 35.4 Å². The van der Waals surface area contributed by atoms with Crippen molar-refractivity contribution in [2.24, 2.45) is 0 Å². The van der Waals surface area contributed by atoms with Gasteiger partial charge in [0.15, 0.2) is 0 Å². The Labute approximate surface area is 105 Å². The highest BCUT2D eigenvalue weighted by Gasteiger charge is 2.63. The fraction of sp³-hybridized carbons (Fsp3) is 0.429. The minimum atomic E-state index is -0.370. The number of rotatable bonds is 1. The van der Waals surface area contributed by atoms with Crippen molar-refractivity contribution < 1.29 is 9.59 Å². The van der Waals surface area contributed by atoms with Crippen molar-refractivity contribution in [2.75, 3.05) is 0 Å².